The lowest BCUT2D eigenvalue weighted by molar-refractivity contribution is -0.438. The number of halogens is 15. The minimum atomic E-state index is -8.40. The van der Waals surface area contributed by atoms with Crippen LogP contribution in [0.5, 0.6) is 0 Å². The molecule has 0 fully saturated rings. The zero-order valence-corrected chi connectivity index (χ0v) is 11.2. The van der Waals surface area contributed by atoms with E-state index in [4.69, 9.17) is 5.11 Å². The number of carbonyl (C=O) groups is 1. The van der Waals surface area contributed by atoms with Gasteiger partial charge in [-0.1, -0.05) is 0 Å². The smallest absolute Gasteiger partial charge is 0.410 e. The van der Waals surface area contributed by atoms with E-state index in [0.717, 1.165) is 0 Å². The van der Waals surface area contributed by atoms with Gasteiger partial charge in [-0.25, -0.2) is 9.18 Å². The maximum Gasteiger partial charge on any atom is 0.410 e. The van der Waals surface area contributed by atoms with E-state index in [9.17, 15) is 70.7 Å². The Morgan fingerprint density at radius 2 is 0.846 bits per heavy atom. The fourth-order valence-corrected chi connectivity index (χ4v) is 1.24. The van der Waals surface area contributed by atoms with Gasteiger partial charge in [-0.2, -0.15) is 61.5 Å². The highest BCUT2D eigenvalue weighted by atomic mass is 19.4. The van der Waals surface area contributed by atoms with Crippen molar-refractivity contribution in [3.8, 4) is 0 Å². The van der Waals surface area contributed by atoms with Gasteiger partial charge < -0.3 is 5.11 Å². The largest absolute Gasteiger partial charge is 0.477 e. The number of carboxylic acid groups (broad SMARTS) is 1. The molecule has 0 bridgehead atoms. The minimum Gasteiger partial charge on any atom is -0.477 e. The van der Waals surface area contributed by atoms with E-state index >= 15 is 0 Å². The molecule has 0 aliphatic carbocycles. The molecule has 26 heavy (non-hydrogen) atoms. The predicted molar refractivity (Wildman–Crippen MR) is 48.2 cm³/mol. The van der Waals surface area contributed by atoms with Gasteiger partial charge in [-0.05, 0) is 0 Å². The SMILES string of the molecule is O=C(O)C(F)(F)C(F)(F)C(F)(F)C(F)(F)C(F)(F)C(F)(F)C(F)(F)CF. The summed E-state index contributed by atoms with van der Waals surface area (Å²) >= 11 is 0. The number of hydrogen-bond acceptors (Lipinski definition) is 1. The summed E-state index contributed by atoms with van der Waals surface area (Å²) in [6.07, 6.45) is 0. The molecule has 0 aliphatic heterocycles. The average Bonchev–Trinajstić information content (AvgIpc) is 2.45. The van der Waals surface area contributed by atoms with Crippen molar-refractivity contribution in [2.45, 2.75) is 41.5 Å². The van der Waals surface area contributed by atoms with Crippen LogP contribution in [0, 0.1) is 0 Å². The van der Waals surface area contributed by atoms with Crippen molar-refractivity contribution in [2.24, 2.45) is 0 Å². The molecule has 0 aromatic heterocycles. The van der Waals surface area contributed by atoms with E-state index < -0.39 is 54.1 Å². The summed E-state index contributed by atoms with van der Waals surface area (Å²) in [6, 6.07) is 0. The summed E-state index contributed by atoms with van der Waals surface area (Å²) in [6.45, 7) is -3.86. The van der Waals surface area contributed by atoms with E-state index in [0.29, 0.717) is 0 Å². The second kappa shape index (κ2) is 5.97. The molecule has 0 heterocycles. The van der Waals surface area contributed by atoms with Crippen LogP contribution >= 0.6 is 0 Å². The van der Waals surface area contributed by atoms with E-state index in [-0.39, 0.29) is 0 Å². The Hall–Kier alpha value is -1.58. The van der Waals surface area contributed by atoms with Crippen molar-refractivity contribution in [3.05, 3.63) is 0 Å². The molecule has 0 rings (SSSR count). The maximum atomic E-state index is 13.0. The molecular weight excluding hydrogens is 425 g/mol. The average molecular weight is 428 g/mol. The fraction of sp³-hybridized carbons (Fsp3) is 0.889. The second-order valence-corrected chi connectivity index (χ2v) is 4.59. The molecule has 0 atom stereocenters. The van der Waals surface area contributed by atoms with Gasteiger partial charge in [0.25, 0.3) is 0 Å². The molecule has 0 amide bonds. The van der Waals surface area contributed by atoms with Gasteiger partial charge in [0.15, 0.2) is 6.67 Å². The van der Waals surface area contributed by atoms with Gasteiger partial charge in [0.05, 0.1) is 0 Å². The van der Waals surface area contributed by atoms with Crippen LogP contribution in [-0.2, 0) is 4.79 Å². The highest BCUT2D eigenvalue weighted by molar-refractivity contribution is 5.77. The molecule has 0 aliphatic rings. The van der Waals surface area contributed by atoms with E-state index in [1.54, 1.807) is 0 Å². The number of aliphatic carboxylic acids is 1. The minimum absolute atomic E-state index is 3.86. The first-order chi connectivity index (χ1) is 11.0. The van der Waals surface area contributed by atoms with Crippen LogP contribution in [0.15, 0.2) is 0 Å². The number of rotatable bonds is 8. The molecular formula is C9H3F15O2. The molecule has 0 aromatic rings. The Kier molecular flexibility index (Phi) is 5.60. The standard InChI is InChI=1S/C9H3F15O2/c10-1-3(11,12)5(15,16)7(19,20)9(23,24)8(21,22)6(17,18)4(13,14)2(25)26/h1H2,(H,25,26). The Bertz CT molecular complexity index is 551. The van der Waals surface area contributed by atoms with Crippen LogP contribution in [0.25, 0.3) is 0 Å². The summed E-state index contributed by atoms with van der Waals surface area (Å²) in [5.41, 5.74) is 0. The van der Waals surface area contributed by atoms with Gasteiger partial charge >= 0.3 is 47.4 Å². The third-order valence-corrected chi connectivity index (χ3v) is 2.87. The van der Waals surface area contributed by atoms with E-state index in [1.165, 1.54) is 0 Å². The van der Waals surface area contributed by atoms with Crippen LogP contribution < -0.4 is 0 Å². The van der Waals surface area contributed by atoms with Crippen LogP contribution in [0.2, 0.25) is 0 Å². The summed E-state index contributed by atoms with van der Waals surface area (Å²) in [4.78, 5) is 9.78. The molecule has 0 saturated carbocycles. The van der Waals surface area contributed by atoms with Crippen LogP contribution in [0.4, 0.5) is 65.9 Å². The molecule has 0 unspecified atom stereocenters. The lowest BCUT2D eigenvalue weighted by atomic mass is 9.89. The molecule has 156 valence electrons. The number of hydrogen-bond donors (Lipinski definition) is 1. The first-order valence-electron chi connectivity index (χ1n) is 5.44. The second-order valence-electron chi connectivity index (χ2n) is 4.59. The maximum absolute atomic E-state index is 13.0. The molecule has 0 saturated heterocycles. The Morgan fingerprint density at radius 3 is 1.12 bits per heavy atom. The topological polar surface area (TPSA) is 37.3 Å². The Labute approximate surface area is 131 Å². The molecule has 0 radical (unpaired) electrons. The lowest BCUT2D eigenvalue weighted by Crippen LogP contribution is -2.74. The van der Waals surface area contributed by atoms with Gasteiger partial charge in [0.1, 0.15) is 0 Å². The summed E-state index contributed by atoms with van der Waals surface area (Å²) < 4.78 is 190. The van der Waals surface area contributed by atoms with Gasteiger partial charge in [-0.3, -0.25) is 0 Å². The molecule has 17 heteroatoms. The quantitative estimate of drug-likeness (QED) is 0.579. The number of alkyl halides is 15. The van der Waals surface area contributed by atoms with E-state index in [2.05, 4.69) is 0 Å². The van der Waals surface area contributed by atoms with Gasteiger partial charge in [0.2, 0.25) is 0 Å². The summed E-state index contributed by atoms with van der Waals surface area (Å²) in [5.74, 6) is -59.0. The van der Waals surface area contributed by atoms with Gasteiger partial charge in [-0.15, -0.1) is 0 Å². The summed E-state index contributed by atoms with van der Waals surface area (Å²) in [5, 5.41) is 7.62. The normalized spacial score (nSPS) is 16.0. The van der Waals surface area contributed by atoms with Crippen molar-refractivity contribution in [1.29, 1.82) is 0 Å². The van der Waals surface area contributed by atoms with Crippen molar-refractivity contribution in [2.75, 3.05) is 6.67 Å². The monoisotopic (exact) mass is 428 g/mol. The van der Waals surface area contributed by atoms with Gasteiger partial charge in [0, 0.05) is 0 Å². The Balaban J connectivity index is 6.59. The Morgan fingerprint density at radius 1 is 0.577 bits per heavy atom. The van der Waals surface area contributed by atoms with Crippen LogP contribution in [0.3, 0.4) is 0 Å². The number of carboxylic acids is 1. The molecule has 1 N–H and O–H groups in total. The van der Waals surface area contributed by atoms with E-state index in [1.807, 2.05) is 0 Å². The zero-order valence-electron chi connectivity index (χ0n) is 11.2. The summed E-state index contributed by atoms with van der Waals surface area (Å²) in [7, 11) is 0. The lowest BCUT2D eigenvalue weighted by Gasteiger charge is -2.41. The first-order valence-corrected chi connectivity index (χ1v) is 5.44. The predicted octanol–water partition coefficient (Wildman–Crippen LogP) is 4.49. The van der Waals surface area contributed by atoms with Crippen LogP contribution in [0.1, 0.15) is 0 Å². The van der Waals surface area contributed by atoms with Crippen molar-refractivity contribution < 1.29 is 75.8 Å². The fourth-order valence-electron chi connectivity index (χ4n) is 1.24. The highest BCUT2D eigenvalue weighted by Crippen LogP contribution is 2.62. The first kappa shape index (κ1) is 24.4. The molecule has 2 nitrogen and oxygen atoms in total. The van der Waals surface area contributed by atoms with Crippen molar-refractivity contribution in [1.82, 2.24) is 0 Å². The highest BCUT2D eigenvalue weighted by Gasteiger charge is 2.93. The van der Waals surface area contributed by atoms with Crippen molar-refractivity contribution >= 4 is 5.97 Å². The zero-order chi connectivity index (χ0) is 21.8. The van der Waals surface area contributed by atoms with Crippen molar-refractivity contribution in [3.63, 3.8) is 0 Å². The third-order valence-electron chi connectivity index (χ3n) is 2.87. The third kappa shape index (κ3) is 2.73. The molecule has 0 spiro atoms. The van der Waals surface area contributed by atoms with Crippen LogP contribution in [-0.4, -0.2) is 59.2 Å². The molecule has 0 aromatic carbocycles.